The Balaban J connectivity index is 2.30. The third kappa shape index (κ3) is 2.77. The molecule has 2 N–H and O–H groups in total. The molecule has 1 atom stereocenters. The van der Waals surface area contributed by atoms with Crippen molar-refractivity contribution in [2.75, 3.05) is 13.1 Å². The molecule has 2 nitrogen and oxygen atoms in total. The molecule has 0 saturated heterocycles. The molecule has 0 heterocycles. The third-order valence-corrected chi connectivity index (χ3v) is 5.22. The Morgan fingerprint density at radius 2 is 1.80 bits per heavy atom. The second-order valence-corrected chi connectivity index (χ2v) is 6.56. The molecule has 1 fully saturated rings. The first kappa shape index (κ1) is 15.5. The predicted octanol–water partition coefficient (Wildman–Crippen LogP) is 4.07. The van der Waals surface area contributed by atoms with Gasteiger partial charge in [-0.15, -0.1) is 0 Å². The Hall–Kier alpha value is -0.860. The molecule has 0 spiro atoms. The van der Waals surface area contributed by atoms with Gasteiger partial charge in [-0.1, -0.05) is 44.5 Å². The van der Waals surface area contributed by atoms with Crippen LogP contribution in [0.1, 0.15) is 70.0 Å². The third-order valence-electron chi connectivity index (χ3n) is 5.22. The molecule has 1 saturated carbocycles. The first-order chi connectivity index (χ1) is 9.52. The van der Waals surface area contributed by atoms with Crippen LogP contribution in [0.4, 0.5) is 0 Å². The Labute approximate surface area is 124 Å². The van der Waals surface area contributed by atoms with Crippen LogP contribution in [-0.2, 0) is 0 Å². The van der Waals surface area contributed by atoms with Crippen LogP contribution < -0.4 is 5.73 Å². The van der Waals surface area contributed by atoms with Crippen LogP contribution in [0.15, 0.2) is 24.3 Å². The zero-order valence-corrected chi connectivity index (χ0v) is 13.5. The van der Waals surface area contributed by atoms with Crippen molar-refractivity contribution in [2.45, 2.75) is 64.5 Å². The number of nitrogens with two attached hydrogens (primary N) is 1. The van der Waals surface area contributed by atoms with E-state index in [9.17, 15) is 0 Å². The lowest BCUT2D eigenvalue weighted by Gasteiger charge is -2.43. The first-order valence-corrected chi connectivity index (χ1v) is 8.11. The molecule has 1 unspecified atom stereocenters. The Morgan fingerprint density at radius 3 is 2.30 bits per heavy atom. The maximum Gasteiger partial charge on any atom is 0.0479 e. The number of likely N-dealkylation sites (N-methyl/N-ethyl adjacent to an activating group) is 1. The van der Waals surface area contributed by atoms with Crippen molar-refractivity contribution in [3.8, 4) is 0 Å². The highest BCUT2D eigenvalue weighted by atomic mass is 15.2. The average Bonchev–Trinajstić information content (AvgIpc) is 2.37. The van der Waals surface area contributed by atoms with Crippen molar-refractivity contribution in [3.05, 3.63) is 35.4 Å². The predicted molar refractivity (Wildman–Crippen MR) is 87.0 cm³/mol. The van der Waals surface area contributed by atoms with Crippen molar-refractivity contribution >= 4 is 0 Å². The molecule has 1 aliphatic rings. The van der Waals surface area contributed by atoms with Crippen molar-refractivity contribution in [1.82, 2.24) is 4.90 Å². The van der Waals surface area contributed by atoms with Gasteiger partial charge in [-0.25, -0.2) is 0 Å². The van der Waals surface area contributed by atoms with E-state index in [0.29, 0.717) is 0 Å². The number of hydrogen-bond donors (Lipinski definition) is 1. The van der Waals surface area contributed by atoms with Gasteiger partial charge >= 0.3 is 0 Å². The number of hydrogen-bond acceptors (Lipinski definition) is 2. The van der Waals surface area contributed by atoms with E-state index >= 15 is 0 Å². The average molecular weight is 274 g/mol. The molecule has 0 aliphatic heterocycles. The van der Waals surface area contributed by atoms with E-state index in [1.165, 1.54) is 30.4 Å². The summed E-state index contributed by atoms with van der Waals surface area (Å²) in [6.07, 6.45) is 4.03. The molecule has 0 radical (unpaired) electrons. The van der Waals surface area contributed by atoms with E-state index in [-0.39, 0.29) is 11.6 Å². The summed E-state index contributed by atoms with van der Waals surface area (Å²) in [5, 5.41) is 0. The minimum atomic E-state index is -0.0106. The van der Waals surface area contributed by atoms with Gasteiger partial charge in [-0.2, -0.15) is 0 Å². The molecule has 2 rings (SSSR count). The molecule has 0 aromatic heterocycles. The van der Waals surface area contributed by atoms with Crippen LogP contribution in [0, 0.1) is 0 Å². The topological polar surface area (TPSA) is 29.3 Å². The number of rotatable bonds is 6. The summed E-state index contributed by atoms with van der Waals surface area (Å²) < 4.78 is 0. The highest BCUT2D eigenvalue weighted by Gasteiger charge is 2.35. The molecule has 112 valence electrons. The second-order valence-electron chi connectivity index (χ2n) is 6.56. The molecule has 1 aliphatic carbocycles. The van der Waals surface area contributed by atoms with Gasteiger partial charge in [0.2, 0.25) is 0 Å². The summed E-state index contributed by atoms with van der Waals surface area (Å²) in [6.45, 7) is 11.1. The first-order valence-electron chi connectivity index (χ1n) is 8.11. The second kappa shape index (κ2) is 6.28. The fourth-order valence-corrected chi connectivity index (χ4v) is 3.50. The quantitative estimate of drug-likeness (QED) is 0.847. The lowest BCUT2D eigenvalue weighted by Crippen LogP contribution is -2.51. The Bertz CT molecular complexity index is 431. The number of benzene rings is 1. The lowest BCUT2D eigenvalue weighted by molar-refractivity contribution is 0.106. The van der Waals surface area contributed by atoms with Crippen LogP contribution >= 0.6 is 0 Å². The van der Waals surface area contributed by atoms with E-state index in [1.54, 1.807) is 0 Å². The monoisotopic (exact) mass is 274 g/mol. The van der Waals surface area contributed by atoms with Crippen LogP contribution in [0.3, 0.4) is 0 Å². The largest absolute Gasteiger partial charge is 0.322 e. The van der Waals surface area contributed by atoms with Crippen LogP contribution in [-0.4, -0.2) is 23.5 Å². The van der Waals surface area contributed by atoms with E-state index in [0.717, 1.165) is 19.0 Å². The van der Waals surface area contributed by atoms with Gasteiger partial charge in [0.1, 0.15) is 0 Å². The normalized spacial score (nSPS) is 18.1. The van der Waals surface area contributed by atoms with Crippen LogP contribution in [0.2, 0.25) is 0 Å². The minimum Gasteiger partial charge on any atom is -0.322 e. The van der Waals surface area contributed by atoms with Gasteiger partial charge in [0.05, 0.1) is 0 Å². The van der Waals surface area contributed by atoms with Crippen LogP contribution in [0.5, 0.6) is 0 Å². The molecule has 1 aromatic rings. The summed E-state index contributed by atoms with van der Waals surface area (Å²) in [5.74, 6) is 0.741. The van der Waals surface area contributed by atoms with E-state index < -0.39 is 0 Å². The molecule has 1 aromatic carbocycles. The van der Waals surface area contributed by atoms with Gasteiger partial charge in [0, 0.05) is 11.6 Å². The van der Waals surface area contributed by atoms with Crippen molar-refractivity contribution in [3.63, 3.8) is 0 Å². The van der Waals surface area contributed by atoms with E-state index in [4.69, 9.17) is 5.73 Å². The van der Waals surface area contributed by atoms with Crippen molar-refractivity contribution in [1.29, 1.82) is 0 Å². The van der Waals surface area contributed by atoms with Gasteiger partial charge in [-0.05, 0) is 56.8 Å². The zero-order valence-electron chi connectivity index (χ0n) is 13.5. The lowest BCUT2D eigenvalue weighted by atomic mass is 9.75. The van der Waals surface area contributed by atoms with E-state index in [1.807, 2.05) is 0 Å². The maximum absolute atomic E-state index is 6.70. The molecular weight excluding hydrogens is 244 g/mol. The fraction of sp³-hybridized carbons (Fsp3) is 0.667. The molecule has 2 heteroatoms. The van der Waals surface area contributed by atoms with Gasteiger partial charge in [-0.3, -0.25) is 4.90 Å². The summed E-state index contributed by atoms with van der Waals surface area (Å²) in [5.41, 5.74) is 9.54. The van der Waals surface area contributed by atoms with Crippen LogP contribution in [0.25, 0.3) is 0 Å². The minimum absolute atomic E-state index is 0.0106. The summed E-state index contributed by atoms with van der Waals surface area (Å²) in [7, 11) is 0. The highest BCUT2D eigenvalue weighted by molar-refractivity contribution is 5.35. The molecule has 20 heavy (non-hydrogen) atoms. The zero-order chi connectivity index (χ0) is 14.8. The van der Waals surface area contributed by atoms with Gasteiger partial charge in [0.25, 0.3) is 0 Å². The summed E-state index contributed by atoms with van der Waals surface area (Å²) in [4.78, 5) is 2.47. The smallest absolute Gasteiger partial charge is 0.0479 e. The number of nitrogens with zero attached hydrogens (tertiary/aromatic N) is 1. The van der Waals surface area contributed by atoms with Crippen molar-refractivity contribution in [2.24, 2.45) is 5.73 Å². The molecule has 0 bridgehead atoms. The Kier molecular flexibility index (Phi) is 4.87. The van der Waals surface area contributed by atoms with E-state index in [2.05, 4.69) is 56.9 Å². The van der Waals surface area contributed by atoms with Crippen molar-refractivity contribution < 1.29 is 0 Å². The van der Waals surface area contributed by atoms with Gasteiger partial charge in [0.15, 0.2) is 0 Å². The standard InChI is InChI=1S/C18H30N2/c1-5-20(6-2)18(3,4)17(19)16-13-8-7-12-15(16)14-10-9-11-14/h7-8,12-14,17H,5-6,9-11,19H2,1-4H3. The fourth-order valence-electron chi connectivity index (χ4n) is 3.50. The van der Waals surface area contributed by atoms with Gasteiger partial charge < -0.3 is 5.73 Å². The summed E-state index contributed by atoms with van der Waals surface area (Å²) >= 11 is 0. The maximum atomic E-state index is 6.70. The highest BCUT2D eigenvalue weighted by Crippen LogP contribution is 2.41. The SMILES string of the molecule is CCN(CC)C(C)(C)C(N)c1ccccc1C1CCC1. The Morgan fingerprint density at radius 1 is 1.20 bits per heavy atom. The molecular formula is C18H30N2. The molecule has 0 amide bonds. The summed E-state index contributed by atoms with van der Waals surface area (Å²) in [6, 6.07) is 8.89.